The zero-order valence-corrected chi connectivity index (χ0v) is 8.80. The fourth-order valence-electron chi connectivity index (χ4n) is 1.25. The second-order valence-electron chi connectivity index (χ2n) is 3.21. The summed E-state index contributed by atoms with van der Waals surface area (Å²) in [6, 6.07) is -0.534. The number of hydrogen-bond donors (Lipinski definition) is 2. The fourth-order valence-corrected chi connectivity index (χ4v) is 1.25. The number of halogens is 1. The van der Waals surface area contributed by atoms with Crippen molar-refractivity contribution in [3.63, 3.8) is 0 Å². The van der Waals surface area contributed by atoms with Gasteiger partial charge < -0.3 is 15.7 Å². The summed E-state index contributed by atoms with van der Waals surface area (Å²) in [7, 11) is 0. The molecule has 1 saturated heterocycles. The Bertz CT molecular complexity index is 297. The molecule has 14 heavy (non-hydrogen) atoms. The van der Waals surface area contributed by atoms with Gasteiger partial charge in [-0.2, -0.15) is 0 Å². The topological polar surface area (TPSA) is 83.6 Å². The number of rotatable bonds is 2. The van der Waals surface area contributed by atoms with Crippen molar-refractivity contribution in [1.29, 1.82) is 0 Å². The smallest absolute Gasteiger partial charge is 0.352 e. The highest BCUT2D eigenvalue weighted by atomic mass is 35.5. The van der Waals surface area contributed by atoms with Gasteiger partial charge in [0.2, 0.25) is 5.91 Å². The van der Waals surface area contributed by atoms with Crippen molar-refractivity contribution in [2.75, 3.05) is 6.54 Å². The van der Waals surface area contributed by atoms with Crippen LogP contribution in [0.15, 0.2) is 11.3 Å². The molecule has 0 radical (unpaired) electrons. The van der Waals surface area contributed by atoms with E-state index in [1.165, 1.54) is 4.90 Å². The number of carbonyl (C=O) groups is 2. The molecule has 1 aliphatic heterocycles. The first kappa shape index (κ1) is 12.9. The van der Waals surface area contributed by atoms with Gasteiger partial charge in [0.05, 0.1) is 6.54 Å². The molecule has 1 unspecified atom stereocenters. The number of carboxylic acid groups (broad SMARTS) is 1. The van der Waals surface area contributed by atoms with E-state index < -0.39 is 12.0 Å². The molecular formula is C8H13ClN2O3. The van der Waals surface area contributed by atoms with Crippen LogP contribution in [0.4, 0.5) is 0 Å². The van der Waals surface area contributed by atoms with E-state index in [1.807, 2.05) is 0 Å². The number of aliphatic carboxylic acids is 1. The average molecular weight is 221 g/mol. The lowest BCUT2D eigenvalue weighted by atomic mass is 10.1. The summed E-state index contributed by atoms with van der Waals surface area (Å²) in [4.78, 5) is 23.0. The molecule has 0 saturated carbocycles. The van der Waals surface area contributed by atoms with Crippen molar-refractivity contribution in [3.8, 4) is 0 Å². The van der Waals surface area contributed by atoms with E-state index >= 15 is 0 Å². The molecule has 3 N–H and O–H groups in total. The summed E-state index contributed by atoms with van der Waals surface area (Å²) >= 11 is 0. The summed E-state index contributed by atoms with van der Waals surface area (Å²) < 4.78 is 0. The lowest BCUT2D eigenvalue weighted by Crippen LogP contribution is -2.61. The average Bonchev–Trinajstić information content (AvgIpc) is 2.02. The maximum Gasteiger partial charge on any atom is 0.352 e. The number of amides is 1. The van der Waals surface area contributed by atoms with Gasteiger partial charge in [0.25, 0.3) is 0 Å². The Kier molecular flexibility index (Phi) is 4.09. The number of carboxylic acids is 1. The Labute approximate surface area is 88.0 Å². The SMILES string of the molecule is CC(C)=C(C(=O)O)N1CC(N)C1=O.Cl. The largest absolute Gasteiger partial charge is 0.477 e. The van der Waals surface area contributed by atoms with Crippen molar-refractivity contribution in [1.82, 2.24) is 4.90 Å². The molecule has 0 spiro atoms. The molecule has 1 aliphatic rings. The number of carbonyl (C=O) groups excluding carboxylic acids is 1. The molecule has 1 rings (SSSR count). The van der Waals surface area contributed by atoms with Crippen LogP contribution in [0.3, 0.4) is 0 Å². The van der Waals surface area contributed by atoms with E-state index in [9.17, 15) is 9.59 Å². The van der Waals surface area contributed by atoms with Gasteiger partial charge in [-0.15, -0.1) is 12.4 Å². The summed E-state index contributed by atoms with van der Waals surface area (Å²) in [5.74, 6) is -1.40. The first-order valence-corrected chi connectivity index (χ1v) is 3.93. The first-order valence-electron chi connectivity index (χ1n) is 3.93. The molecule has 0 bridgehead atoms. The monoisotopic (exact) mass is 220 g/mol. The van der Waals surface area contributed by atoms with E-state index in [0.717, 1.165) is 0 Å². The van der Waals surface area contributed by atoms with Crippen LogP contribution in [0.2, 0.25) is 0 Å². The highest BCUT2D eigenvalue weighted by molar-refractivity contribution is 5.98. The second kappa shape index (κ2) is 4.43. The normalized spacial score (nSPS) is 19.5. The third-order valence-corrected chi connectivity index (χ3v) is 1.91. The Balaban J connectivity index is 0.00000169. The van der Waals surface area contributed by atoms with Gasteiger partial charge in [0.15, 0.2) is 0 Å². The van der Waals surface area contributed by atoms with Gasteiger partial charge in [0, 0.05) is 0 Å². The first-order chi connectivity index (χ1) is 5.95. The third-order valence-electron chi connectivity index (χ3n) is 1.91. The lowest BCUT2D eigenvalue weighted by molar-refractivity contribution is -0.146. The standard InChI is InChI=1S/C8H12N2O3.ClH/c1-4(2)6(8(12)13)10-3-5(9)7(10)11;/h5H,3,9H2,1-2H3,(H,12,13);1H. The van der Waals surface area contributed by atoms with Crippen molar-refractivity contribution in [2.45, 2.75) is 19.9 Å². The van der Waals surface area contributed by atoms with Crippen molar-refractivity contribution >= 4 is 24.3 Å². The Morgan fingerprint density at radius 1 is 1.57 bits per heavy atom. The third kappa shape index (κ3) is 2.05. The van der Waals surface area contributed by atoms with Crippen molar-refractivity contribution < 1.29 is 14.7 Å². The highest BCUT2D eigenvalue weighted by Crippen LogP contribution is 2.18. The molecule has 0 aromatic heterocycles. The molecule has 1 fully saturated rings. The van der Waals surface area contributed by atoms with E-state index in [0.29, 0.717) is 12.1 Å². The minimum atomic E-state index is -1.08. The van der Waals surface area contributed by atoms with E-state index in [1.54, 1.807) is 13.8 Å². The van der Waals surface area contributed by atoms with Gasteiger partial charge in [0.1, 0.15) is 11.7 Å². The molecule has 1 atom stereocenters. The molecule has 1 amide bonds. The molecule has 80 valence electrons. The molecular weight excluding hydrogens is 208 g/mol. The van der Waals surface area contributed by atoms with Crippen LogP contribution in [-0.2, 0) is 9.59 Å². The predicted molar refractivity (Wildman–Crippen MR) is 52.9 cm³/mol. The summed E-state index contributed by atoms with van der Waals surface area (Å²) in [5, 5.41) is 8.79. The van der Waals surface area contributed by atoms with Crippen LogP contribution < -0.4 is 5.73 Å². The van der Waals surface area contributed by atoms with Crippen molar-refractivity contribution in [3.05, 3.63) is 11.3 Å². The summed E-state index contributed by atoms with van der Waals surface area (Å²) in [5.41, 5.74) is 6.00. The Hall–Kier alpha value is -1.07. The zero-order chi connectivity index (χ0) is 10.2. The van der Waals surface area contributed by atoms with E-state index in [4.69, 9.17) is 10.8 Å². The molecule has 0 aromatic rings. The molecule has 0 aliphatic carbocycles. The fraction of sp³-hybridized carbons (Fsp3) is 0.500. The van der Waals surface area contributed by atoms with Crippen LogP contribution in [0, 0.1) is 0 Å². The molecule has 1 heterocycles. The van der Waals surface area contributed by atoms with Gasteiger partial charge in [-0.05, 0) is 19.4 Å². The number of β-lactam (4-membered cyclic amide) rings is 1. The lowest BCUT2D eigenvalue weighted by Gasteiger charge is -2.36. The van der Waals surface area contributed by atoms with E-state index in [-0.39, 0.29) is 24.0 Å². The maximum absolute atomic E-state index is 11.1. The van der Waals surface area contributed by atoms with Crippen LogP contribution in [0.5, 0.6) is 0 Å². The number of allylic oxidation sites excluding steroid dienone is 1. The van der Waals surface area contributed by atoms with Crippen LogP contribution >= 0.6 is 12.4 Å². The number of likely N-dealkylation sites (tertiary alicyclic amines) is 1. The van der Waals surface area contributed by atoms with Gasteiger partial charge >= 0.3 is 5.97 Å². The van der Waals surface area contributed by atoms with Crippen LogP contribution in [0.25, 0.3) is 0 Å². The maximum atomic E-state index is 11.1. The molecule has 0 aromatic carbocycles. The van der Waals surface area contributed by atoms with Gasteiger partial charge in [-0.25, -0.2) is 4.79 Å². The predicted octanol–water partition coefficient (Wildman–Crippen LogP) is -0.0438. The Morgan fingerprint density at radius 2 is 2.07 bits per heavy atom. The summed E-state index contributed by atoms with van der Waals surface area (Å²) in [6.45, 7) is 3.60. The molecule has 6 heteroatoms. The van der Waals surface area contributed by atoms with Crippen LogP contribution in [0.1, 0.15) is 13.8 Å². The number of nitrogens with zero attached hydrogens (tertiary/aromatic N) is 1. The minimum absolute atomic E-state index is 0. The van der Waals surface area contributed by atoms with Gasteiger partial charge in [-0.1, -0.05) is 0 Å². The minimum Gasteiger partial charge on any atom is -0.477 e. The van der Waals surface area contributed by atoms with Crippen LogP contribution in [-0.4, -0.2) is 34.5 Å². The van der Waals surface area contributed by atoms with E-state index in [2.05, 4.69) is 0 Å². The number of hydrogen-bond acceptors (Lipinski definition) is 3. The quantitative estimate of drug-likeness (QED) is 0.505. The molecule has 5 nitrogen and oxygen atoms in total. The summed E-state index contributed by atoms with van der Waals surface area (Å²) in [6.07, 6.45) is 0. The van der Waals surface area contributed by atoms with Crippen molar-refractivity contribution in [2.24, 2.45) is 5.73 Å². The number of nitrogens with two attached hydrogens (primary N) is 1. The Morgan fingerprint density at radius 3 is 2.29 bits per heavy atom. The zero-order valence-electron chi connectivity index (χ0n) is 7.98. The highest BCUT2D eigenvalue weighted by Gasteiger charge is 2.38. The second-order valence-corrected chi connectivity index (χ2v) is 3.21. The van der Waals surface area contributed by atoms with Gasteiger partial charge in [-0.3, -0.25) is 4.79 Å².